The van der Waals surface area contributed by atoms with E-state index in [0.717, 1.165) is 11.1 Å². The highest BCUT2D eigenvalue weighted by molar-refractivity contribution is 5.94. The van der Waals surface area contributed by atoms with Gasteiger partial charge in [-0.3, -0.25) is 4.79 Å². The van der Waals surface area contributed by atoms with Crippen LogP contribution in [0.4, 0.5) is 0 Å². The standard InChI is InChI=1S/C14H15N3O2/c1-9-3-5-11(6-4-9)14(18)17-7-12(8-17)13-15-10(2)16-19-13/h3-6,12H,7-8H2,1-2H3. The number of amides is 1. The Kier molecular flexibility index (Phi) is 2.81. The van der Waals surface area contributed by atoms with E-state index in [1.807, 2.05) is 31.2 Å². The van der Waals surface area contributed by atoms with Crippen molar-refractivity contribution in [3.05, 3.63) is 47.1 Å². The number of carbonyl (C=O) groups excluding carboxylic acids is 1. The van der Waals surface area contributed by atoms with Gasteiger partial charge in [0.25, 0.3) is 5.91 Å². The molecule has 0 N–H and O–H groups in total. The minimum absolute atomic E-state index is 0.0625. The molecule has 5 nitrogen and oxygen atoms in total. The second kappa shape index (κ2) is 4.50. The predicted molar refractivity (Wildman–Crippen MR) is 68.9 cm³/mol. The van der Waals surface area contributed by atoms with Crippen molar-refractivity contribution in [2.24, 2.45) is 0 Å². The Morgan fingerprint density at radius 2 is 1.95 bits per heavy atom. The van der Waals surface area contributed by atoms with Crippen LogP contribution in [0.2, 0.25) is 0 Å². The van der Waals surface area contributed by atoms with Crippen molar-refractivity contribution in [2.45, 2.75) is 19.8 Å². The zero-order valence-corrected chi connectivity index (χ0v) is 11.0. The van der Waals surface area contributed by atoms with Crippen molar-refractivity contribution in [3.8, 4) is 0 Å². The molecule has 0 radical (unpaired) electrons. The molecule has 1 aliphatic rings. The van der Waals surface area contributed by atoms with E-state index in [9.17, 15) is 4.79 Å². The van der Waals surface area contributed by atoms with Crippen molar-refractivity contribution >= 4 is 5.91 Å². The molecule has 0 saturated carbocycles. The fourth-order valence-electron chi connectivity index (χ4n) is 2.16. The molecular formula is C14H15N3O2. The van der Waals surface area contributed by atoms with Crippen molar-refractivity contribution in [3.63, 3.8) is 0 Å². The molecule has 0 aliphatic carbocycles. The van der Waals surface area contributed by atoms with Gasteiger partial charge in [0.05, 0.1) is 5.92 Å². The van der Waals surface area contributed by atoms with Crippen molar-refractivity contribution < 1.29 is 9.32 Å². The average molecular weight is 257 g/mol. The minimum Gasteiger partial charge on any atom is -0.339 e. The highest BCUT2D eigenvalue weighted by Gasteiger charge is 2.35. The molecule has 2 aromatic rings. The molecule has 0 unspecified atom stereocenters. The summed E-state index contributed by atoms with van der Waals surface area (Å²) in [5, 5.41) is 3.77. The Bertz CT molecular complexity index is 597. The van der Waals surface area contributed by atoms with E-state index in [1.54, 1.807) is 11.8 Å². The summed E-state index contributed by atoms with van der Waals surface area (Å²) in [4.78, 5) is 18.2. The average Bonchev–Trinajstić information content (AvgIpc) is 2.74. The third-order valence-electron chi connectivity index (χ3n) is 3.36. The molecule has 1 saturated heterocycles. The lowest BCUT2D eigenvalue weighted by Gasteiger charge is -2.37. The van der Waals surface area contributed by atoms with Gasteiger partial charge in [0, 0.05) is 18.7 Å². The third kappa shape index (κ3) is 2.23. The number of aryl methyl sites for hydroxylation is 2. The Morgan fingerprint density at radius 3 is 2.53 bits per heavy atom. The summed E-state index contributed by atoms with van der Waals surface area (Å²) in [7, 11) is 0. The molecule has 1 aromatic carbocycles. The quantitative estimate of drug-likeness (QED) is 0.824. The lowest BCUT2D eigenvalue weighted by atomic mass is 9.98. The molecule has 98 valence electrons. The molecule has 0 spiro atoms. The van der Waals surface area contributed by atoms with E-state index < -0.39 is 0 Å². The zero-order valence-electron chi connectivity index (χ0n) is 11.0. The molecule has 19 heavy (non-hydrogen) atoms. The maximum Gasteiger partial charge on any atom is 0.253 e. The number of likely N-dealkylation sites (tertiary alicyclic amines) is 1. The van der Waals surface area contributed by atoms with Gasteiger partial charge in [-0.15, -0.1) is 0 Å². The van der Waals surface area contributed by atoms with Gasteiger partial charge in [-0.25, -0.2) is 0 Å². The van der Waals surface area contributed by atoms with Crippen LogP contribution in [0.1, 0.15) is 33.6 Å². The molecule has 5 heteroatoms. The number of nitrogens with zero attached hydrogens (tertiary/aromatic N) is 3. The van der Waals surface area contributed by atoms with E-state index in [4.69, 9.17) is 4.52 Å². The number of benzene rings is 1. The summed E-state index contributed by atoms with van der Waals surface area (Å²) in [6, 6.07) is 7.63. The smallest absolute Gasteiger partial charge is 0.253 e. The van der Waals surface area contributed by atoms with Crippen LogP contribution in [0.15, 0.2) is 28.8 Å². The van der Waals surface area contributed by atoms with E-state index in [2.05, 4.69) is 10.1 Å². The molecule has 1 amide bonds. The van der Waals surface area contributed by atoms with Crippen LogP contribution in [0, 0.1) is 13.8 Å². The highest BCUT2D eigenvalue weighted by atomic mass is 16.5. The predicted octanol–water partition coefficient (Wildman–Crippen LogP) is 1.93. The van der Waals surface area contributed by atoms with Crippen molar-refractivity contribution in [1.82, 2.24) is 15.0 Å². The fraction of sp³-hybridized carbons (Fsp3) is 0.357. The van der Waals surface area contributed by atoms with Crippen LogP contribution >= 0.6 is 0 Å². The zero-order chi connectivity index (χ0) is 13.4. The molecule has 1 aliphatic heterocycles. The Hall–Kier alpha value is -2.17. The summed E-state index contributed by atoms with van der Waals surface area (Å²) in [5.74, 6) is 1.51. The summed E-state index contributed by atoms with van der Waals surface area (Å²) in [6.07, 6.45) is 0. The first-order valence-corrected chi connectivity index (χ1v) is 6.29. The van der Waals surface area contributed by atoms with Crippen LogP contribution in [-0.4, -0.2) is 34.0 Å². The SMILES string of the molecule is Cc1ccc(C(=O)N2CC(c3nc(C)no3)C2)cc1. The number of hydrogen-bond donors (Lipinski definition) is 0. The van der Waals surface area contributed by atoms with E-state index in [0.29, 0.717) is 24.8 Å². The maximum absolute atomic E-state index is 12.2. The van der Waals surface area contributed by atoms with Gasteiger partial charge in [-0.05, 0) is 26.0 Å². The van der Waals surface area contributed by atoms with Gasteiger partial charge >= 0.3 is 0 Å². The van der Waals surface area contributed by atoms with Gasteiger partial charge in [-0.2, -0.15) is 4.98 Å². The van der Waals surface area contributed by atoms with Gasteiger partial charge in [0.15, 0.2) is 5.82 Å². The maximum atomic E-state index is 12.2. The Morgan fingerprint density at radius 1 is 1.26 bits per heavy atom. The lowest BCUT2D eigenvalue weighted by molar-refractivity contribution is 0.0569. The van der Waals surface area contributed by atoms with Crippen LogP contribution < -0.4 is 0 Å². The number of aromatic nitrogens is 2. The van der Waals surface area contributed by atoms with E-state index in [1.165, 1.54) is 0 Å². The third-order valence-corrected chi connectivity index (χ3v) is 3.36. The summed E-state index contributed by atoms with van der Waals surface area (Å²) >= 11 is 0. The fourth-order valence-corrected chi connectivity index (χ4v) is 2.16. The summed E-state index contributed by atoms with van der Waals surface area (Å²) < 4.78 is 5.12. The summed E-state index contributed by atoms with van der Waals surface area (Å²) in [5.41, 5.74) is 1.88. The number of rotatable bonds is 2. The van der Waals surface area contributed by atoms with Gasteiger partial charge in [0.2, 0.25) is 5.89 Å². The molecular weight excluding hydrogens is 242 g/mol. The lowest BCUT2D eigenvalue weighted by Crippen LogP contribution is -2.48. The van der Waals surface area contributed by atoms with Gasteiger partial charge < -0.3 is 9.42 Å². The highest BCUT2D eigenvalue weighted by Crippen LogP contribution is 2.27. The van der Waals surface area contributed by atoms with Crippen molar-refractivity contribution in [1.29, 1.82) is 0 Å². The molecule has 1 fully saturated rings. The molecule has 0 bridgehead atoms. The Balaban J connectivity index is 1.64. The van der Waals surface area contributed by atoms with Gasteiger partial charge in [-0.1, -0.05) is 22.9 Å². The molecule has 3 rings (SSSR count). The van der Waals surface area contributed by atoms with Crippen LogP contribution in [0.5, 0.6) is 0 Å². The first-order chi connectivity index (χ1) is 9.13. The number of hydrogen-bond acceptors (Lipinski definition) is 4. The van der Waals surface area contributed by atoms with Crippen LogP contribution in [0.25, 0.3) is 0 Å². The van der Waals surface area contributed by atoms with E-state index in [-0.39, 0.29) is 11.8 Å². The van der Waals surface area contributed by atoms with Crippen LogP contribution in [0.3, 0.4) is 0 Å². The second-order valence-electron chi connectivity index (χ2n) is 4.95. The summed E-state index contributed by atoms with van der Waals surface area (Å²) in [6.45, 7) is 5.09. The van der Waals surface area contributed by atoms with E-state index >= 15 is 0 Å². The molecule has 1 aromatic heterocycles. The van der Waals surface area contributed by atoms with Gasteiger partial charge in [0.1, 0.15) is 0 Å². The monoisotopic (exact) mass is 257 g/mol. The topological polar surface area (TPSA) is 59.2 Å². The number of carbonyl (C=O) groups is 1. The second-order valence-corrected chi connectivity index (χ2v) is 4.95. The Labute approximate surface area is 111 Å². The largest absolute Gasteiger partial charge is 0.339 e. The first-order valence-electron chi connectivity index (χ1n) is 6.29. The normalized spacial score (nSPS) is 15.4. The molecule has 2 heterocycles. The molecule has 0 atom stereocenters. The minimum atomic E-state index is 0.0625. The van der Waals surface area contributed by atoms with Crippen molar-refractivity contribution in [2.75, 3.05) is 13.1 Å². The van der Waals surface area contributed by atoms with Crippen LogP contribution in [-0.2, 0) is 0 Å². The first kappa shape index (κ1) is 11.9.